The number of carbonyl (C=O) groups is 2. The summed E-state index contributed by atoms with van der Waals surface area (Å²) in [6, 6.07) is 17.0. The van der Waals surface area contributed by atoms with Crippen LogP contribution in [0.4, 0.5) is 11.4 Å². The van der Waals surface area contributed by atoms with Gasteiger partial charge in [-0.25, -0.2) is 0 Å². The first kappa shape index (κ1) is 17.7. The van der Waals surface area contributed by atoms with Crippen molar-refractivity contribution in [3.63, 3.8) is 0 Å². The van der Waals surface area contributed by atoms with Crippen LogP contribution < -0.4 is 10.6 Å². The number of amides is 2. The molecule has 2 atom stereocenters. The molecule has 4 heteroatoms. The molecule has 2 aromatic rings. The molecular weight excluding hydrogens is 300 g/mol. The Morgan fingerprint density at radius 2 is 1.58 bits per heavy atom. The van der Waals surface area contributed by atoms with E-state index >= 15 is 0 Å². The molecule has 2 aromatic carbocycles. The maximum atomic E-state index is 12.8. The summed E-state index contributed by atoms with van der Waals surface area (Å²) in [7, 11) is 0. The van der Waals surface area contributed by atoms with E-state index in [1.807, 2.05) is 42.5 Å². The van der Waals surface area contributed by atoms with Crippen molar-refractivity contribution in [1.82, 2.24) is 0 Å². The number of benzene rings is 2. The predicted octanol–water partition coefficient (Wildman–Crippen LogP) is 4.41. The monoisotopic (exact) mass is 324 g/mol. The van der Waals surface area contributed by atoms with Gasteiger partial charge in [0.1, 0.15) is 0 Å². The predicted molar refractivity (Wildman–Crippen MR) is 98.0 cm³/mol. The molecular formula is C20H24N2O2. The lowest BCUT2D eigenvalue weighted by atomic mass is 9.85. The highest BCUT2D eigenvalue weighted by atomic mass is 16.2. The van der Waals surface area contributed by atoms with E-state index in [-0.39, 0.29) is 23.7 Å². The van der Waals surface area contributed by atoms with E-state index < -0.39 is 0 Å². The van der Waals surface area contributed by atoms with Gasteiger partial charge < -0.3 is 10.6 Å². The molecule has 0 saturated heterocycles. The molecule has 0 fully saturated rings. The largest absolute Gasteiger partial charge is 0.326 e. The third-order valence-corrected chi connectivity index (χ3v) is 4.10. The third-order valence-electron chi connectivity index (χ3n) is 4.10. The number of rotatable bonds is 6. The molecule has 0 unspecified atom stereocenters. The van der Waals surface area contributed by atoms with E-state index in [2.05, 4.69) is 24.5 Å². The molecule has 0 aliphatic rings. The van der Waals surface area contributed by atoms with E-state index in [9.17, 15) is 9.59 Å². The molecule has 0 aliphatic carbocycles. The van der Waals surface area contributed by atoms with E-state index in [4.69, 9.17) is 0 Å². The average Bonchev–Trinajstić information content (AvgIpc) is 2.55. The molecule has 4 nitrogen and oxygen atoms in total. The van der Waals surface area contributed by atoms with E-state index in [1.54, 1.807) is 12.1 Å². The summed E-state index contributed by atoms with van der Waals surface area (Å²) in [5, 5.41) is 5.70. The molecule has 0 aromatic heterocycles. The van der Waals surface area contributed by atoms with Gasteiger partial charge >= 0.3 is 0 Å². The minimum absolute atomic E-state index is 0.0319. The number of nitrogens with one attached hydrogen (secondary N) is 2. The molecule has 0 bridgehead atoms. The van der Waals surface area contributed by atoms with Crippen molar-refractivity contribution in [3.05, 3.63) is 60.2 Å². The van der Waals surface area contributed by atoms with Crippen LogP contribution in [-0.4, -0.2) is 11.8 Å². The first-order valence-electron chi connectivity index (χ1n) is 8.24. The van der Waals surface area contributed by atoms with Gasteiger partial charge in [-0.2, -0.15) is 0 Å². The van der Waals surface area contributed by atoms with Gasteiger partial charge in [-0.1, -0.05) is 56.7 Å². The Morgan fingerprint density at radius 1 is 0.958 bits per heavy atom. The molecule has 24 heavy (non-hydrogen) atoms. The number of anilines is 2. The van der Waals surface area contributed by atoms with Crippen molar-refractivity contribution in [2.45, 2.75) is 33.1 Å². The average molecular weight is 324 g/mol. The van der Waals surface area contributed by atoms with Crippen molar-refractivity contribution in [1.29, 1.82) is 0 Å². The molecule has 0 aliphatic heterocycles. The maximum absolute atomic E-state index is 12.8. The minimum Gasteiger partial charge on any atom is -0.326 e. The lowest BCUT2D eigenvalue weighted by Gasteiger charge is -2.23. The molecule has 2 N–H and O–H groups in total. The van der Waals surface area contributed by atoms with Crippen LogP contribution in [0.5, 0.6) is 0 Å². The van der Waals surface area contributed by atoms with Crippen LogP contribution >= 0.6 is 0 Å². The second-order valence-electron chi connectivity index (χ2n) is 6.03. The summed E-state index contributed by atoms with van der Waals surface area (Å²) < 4.78 is 0. The van der Waals surface area contributed by atoms with E-state index in [1.165, 1.54) is 6.92 Å². The first-order chi connectivity index (χ1) is 11.5. The molecule has 2 rings (SSSR count). The van der Waals surface area contributed by atoms with Gasteiger partial charge in [0.25, 0.3) is 0 Å². The fourth-order valence-electron chi connectivity index (χ4n) is 2.73. The number of hydrogen-bond donors (Lipinski definition) is 2. The number of hydrogen-bond acceptors (Lipinski definition) is 2. The highest BCUT2D eigenvalue weighted by Gasteiger charge is 2.25. The molecule has 0 saturated carbocycles. The highest BCUT2D eigenvalue weighted by molar-refractivity contribution is 5.97. The topological polar surface area (TPSA) is 58.2 Å². The Bertz CT molecular complexity index is 698. The zero-order valence-corrected chi connectivity index (χ0v) is 14.4. The van der Waals surface area contributed by atoms with Crippen molar-refractivity contribution < 1.29 is 9.59 Å². The lowest BCUT2D eigenvalue weighted by molar-refractivity contribution is -0.118. The van der Waals surface area contributed by atoms with Crippen molar-refractivity contribution in [2.24, 2.45) is 5.92 Å². The molecule has 0 heterocycles. The normalized spacial score (nSPS) is 13.0. The summed E-state index contributed by atoms with van der Waals surface area (Å²) in [4.78, 5) is 24.0. The van der Waals surface area contributed by atoms with Gasteiger partial charge in [0, 0.05) is 18.3 Å². The minimum atomic E-state index is -0.208. The van der Waals surface area contributed by atoms with Gasteiger partial charge in [0.15, 0.2) is 0 Å². The Balaban J connectivity index is 2.20. The van der Waals surface area contributed by atoms with Crippen molar-refractivity contribution in [2.75, 3.05) is 10.6 Å². The van der Waals surface area contributed by atoms with Gasteiger partial charge in [-0.05, 0) is 29.7 Å². The molecule has 2 amide bonds. The Morgan fingerprint density at radius 3 is 2.17 bits per heavy atom. The quantitative estimate of drug-likeness (QED) is 0.826. The van der Waals surface area contributed by atoms with Crippen LogP contribution in [0.2, 0.25) is 0 Å². The lowest BCUT2D eigenvalue weighted by Crippen LogP contribution is -2.26. The van der Waals surface area contributed by atoms with Crippen LogP contribution in [0.1, 0.15) is 38.7 Å². The van der Waals surface area contributed by atoms with Crippen molar-refractivity contribution in [3.8, 4) is 0 Å². The Hall–Kier alpha value is -2.62. The standard InChI is InChI=1S/C20H24N2O2/c1-4-14(2)19(16-9-6-5-7-10-16)20(24)22-18-12-8-11-17(13-18)21-15(3)23/h5-14,19H,4H2,1-3H3,(H,21,23)(H,22,24)/t14-,19-/m0/s1. The summed E-state index contributed by atoms with van der Waals surface area (Å²) >= 11 is 0. The summed E-state index contributed by atoms with van der Waals surface area (Å²) in [5.41, 5.74) is 2.36. The fourth-order valence-corrected chi connectivity index (χ4v) is 2.73. The third kappa shape index (κ3) is 4.69. The SMILES string of the molecule is CC[C@H](C)[C@H](C(=O)Nc1cccc(NC(C)=O)c1)c1ccccc1. The summed E-state index contributed by atoms with van der Waals surface area (Å²) in [6.45, 7) is 5.63. The molecule has 0 radical (unpaired) electrons. The van der Waals surface area contributed by atoms with Gasteiger partial charge in [-0.15, -0.1) is 0 Å². The zero-order chi connectivity index (χ0) is 17.5. The molecule has 126 valence electrons. The van der Waals surface area contributed by atoms with Crippen LogP contribution in [0.3, 0.4) is 0 Å². The highest BCUT2D eigenvalue weighted by Crippen LogP contribution is 2.28. The van der Waals surface area contributed by atoms with Gasteiger partial charge in [0.2, 0.25) is 11.8 Å². The zero-order valence-electron chi connectivity index (χ0n) is 14.4. The number of carbonyl (C=O) groups excluding carboxylic acids is 2. The smallest absolute Gasteiger partial charge is 0.232 e. The molecule has 0 spiro atoms. The Labute approximate surface area is 143 Å². The van der Waals surface area contributed by atoms with Crippen LogP contribution in [0, 0.1) is 5.92 Å². The van der Waals surface area contributed by atoms with Crippen LogP contribution in [-0.2, 0) is 9.59 Å². The van der Waals surface area contributed by atoms with E-state index in [0.29, 0.717) is 11.4 Å². The Kier molecular flexibility index (Phi) is 6.13. The van der Waals surface area contributed by atoms with E-state index in [0.717, 1.165) is 12.0 Å². The first-order valence-corrected chi connectivity index (χ1v) is 8.24. The second-order valence-corrected chi connectivity index (χ2v) is 6.03. The second kappa shape index (κ2) is 8.29. The summed E-state index contributed by atoms with van der Waals surface area (Å²) in [6.07, 6.45) is 0.916. The van der Waals surface area contributed by atoms with Crippen molar-refractivity contribution >= 4 is 23.2 Å². The fraction of sp³-hybridized carbons (Fsp3) is 0.300. The van der Waals surface area contributed by atoms with Gasteiger partial charge in [-0.3, -0.25) is 9.59 Å². The summed E-state index contributed by atoms with van der Waals surface area (Å²) in [5.74, 6) is -0.151. The van der Waals surface area contributed by atoms with Crippen LogP contribution in [0.15, 0.2) is 54.6 Å². The van der Waals surface area contributed by atoms with Gasteiger partial charge in [0.05, 0.1) is 5.92 Å². The van der Waals surface area contributed by atoms with Crippen LogP contribution in [0.25, 0.3) is 0 Å². The maximum Gasteiger partial charge on any atom is 0.232 e.